The number of thioether (sulfide) groups is 1. The lowest BCUT2D eigenvalue weighted by Crippen LogP contribution is -2.46. The first kappa shape index (κ1) is 15.6. The molecular formula is C14H17ClFNO2S. The Labute approximate surface area is 127 Å². The van der Waals surface area contributed by atoms with Crippen molar-refractivity contribution in [2.75, 3.05) is 25.2 Å². The van der Waals surface area contributed by atoms with Crippen molar-refractivity contribution in [1.82, 2.24) is 5.32 Å². The summed E-state index contributed by atoms with van der Waals surface area (Å²) >= 11 is 7.77. The first-order valence-electron chi connectivity index (χ1n) is 6.42. The molecule has 0 spiro atoms. The van der Waals surface area contributed by atoms with E-state index in [0.29, 0.717) is 6.54 Å². The highest BCUT2D eigenvalue weighted by Crippen LogP contribution is 2.29. The molecule has 0 saturated carbocycles. The molecule has 0 radical (unpaired) electrons. The lowest BCUT2D eigenvalue weighted by atomic mass is 9.96. The number of carbonyl (C=O) groups excluding carboxylic acids is 1. The van der Waals surface area contributed by atoms with Gasteiger partial charge in [0.2, 0.25) is 0 Å². The second-order valence-corrected chi connectivity index (χ2v) is 6.44. The highest BCUT2D eigenvalue weighted by Gasteiger charge is 2.32. The van der Waals surface area contributed by atoms with Crippen molar-refractivity contribution >= 4 is 29.3 Å². The highest BCUT2D eigenvalue weighted by molar-refractivity contribution is 7.99. The number of halogens is 2. The third-order valence-electron chi connectivity index (χ3n) is 3.58. The van der Waals surface area contributed by atoms with E-state index in [4.69, 9.17) is 16.3 Å². The van der Waals surface area contributed by atoms with E-state index in [1.807, 2.05) is 11.8 Å². The maximum Gasteiger partial charge on any atom is 0.252 e. The Morgan fingerprint density at radius 2 is 2.20 bits per heavy atom. The van der Waals surface area contributed by atoms with Crippen LogP contribution in [-0.4, -0.2) is 36.7 Å². The Hall–Kier alpha value is -0.780. The SMILES string of the molecule is COC1(CNC(=O)c2ccc(F)cc2Cl)CCSCC1. The van der Waals surface area contributed by atoms with Gasteiger partial charge in [-0.1, -0.05) is 11.6 Å². The number of rotatable bonds is 4. The molecule has 1 aliphatic rings. The van der Waals surface area contributed by atoms with E-state index >= 15 is 0 Å². The normalized spacial score (nSPS) is 17.8. The molecule has 1 amide bonds. The fourth-order valence-electron chi connectivity index (χ4n) is 2.21. The summed E-state index contributed by atoms with van der Waals surface area (Å²) in [4.78, 5) is 12.1. The molecule has 1 N–H and O–H groups in total. The van der Waals surface area contributed by atoms with Crippen molar-refractivity contribution in [3.05, 3.63) is 34.6 Å². The topological polar surface area (TPSA) is 38.3 Å². The fourth-order valence-corrected chi connectivity index (χ4v) is 3.70. The van der Waals surface area contributed by atoms with Gasteiger partial charge in [0.25, 0.3) is 5.91 Å². The molecule has 1 fully saturated rings. The van der Waals surface area contributed by atoms with Gasteiger partial charge in [0, 0.05) is 13.7 Å². The van der Waals surface area contributed by atoms with Crippen LogP contribution in [0.5, 0.6) is 0 Å². The minimum absolute atomic E-state index is 0.119. The van der Waals surface area contributed by atoms with E-state index in [2.05, 4.69) is 5.32 Å². The van der Waals surface area contributed by atoms with Gasteiger partial charge < -0.3 is 10.1 Å². The number of hydrogen-bond acceptors (Lipinski definition) is 3. The van der Waals surface area contributed by atoms with Crippen molar-refractivity contribution in [1.29, 1.82) is 0 Å². The fraction of sp³-hybridized carbons (Fsp3) is 0.500. The smallest absolute Gasteiger partial charge is 0.252 e. The van der Waals surface area contributed by atoms with Crippen molar-refractivity contribution in [2.24, 2.45) is 0 Å². The molecule has 1 heterocycles. The average molecular weight is 318 g/mol. The van der Waals surface area contributed by atoms with Crippen LogP contribution < -0.4 is 5.32 Å². The zero-order chi connectivity index (χ0) is 14.6. The van der Waals surface area contributed by atoms with E-state index in [0.717, 1.165) is 30.4 Å². The van der Waals surface area contributed by atoms with E-state index in [1.54, 1.807) is 7.11 Å². The molecule has 0 bridgehead atoms. The molecule has 0 aliphatic carbocycles. The zero-order valence-corrected chi connectivity index (χ0v) is 12.8. The zero-order valence-electron chi connectivity index (χ0n) is 11.2. The van der Waals surface area contributed by atoms with Gasteiger partial charge in [-0.25, -0.2) is 4.39 Å². The van der Waals surface area contributed by atoms with E-state index < -0.39 is 5.82 Å². The van der Waals surface area contributed by atoms with Crippen molar-refractivity contribution < 1.29 is 13.9 Å². The summed E-state index contributed by atoms with van der Waals surface area (Å²) in [5.74, 6) is 1.30. The number of hydrogen-bond donors (Lipinski definition) is 1. The molecule has 20 heavy (non-hydrogen) atoms. The molecule has 1 saturated heterocycles. The minimum Gasteiger partial charge on any atom is -0.376 e. The van der Waals surface area contributed by atoms with Crippen LogP contribution in [0, 0.1) is 5.82 Å². The maximum atomic E-state index is 13.0. The van der Waals surface area contributed by atoms with Crippen molar-refractivity contribution in [3.63, 3.8) is 0 Å². The molecule has 110 valence electrons. The number of nitrogens with one attached hydrogen (secondary N) is 1. The van der Waals surface area contributed by atoms with Crippen LogP contribution in [0.15, 0.2) is 18.2 Å². The standard InChI is InChI=1S/C14H17ClFNO2S/c1-19-14(4-6-20-7-5-14)9-17-13(18)11-3-2-10(16)8-12(11)15/h2-3,8H,4-7,9H2,1H3,(H,17,18). The van der Waals surface area contributed by atoms with Gasteiger partial charge in [-0.3, -0.25) is 4.79 Å². The molecule has 1 aromatic rings. The van der Waals surface area contributed by atoms with E-state index in [-0.39, 0.29) is 22.1 Å². The Morgan fingerprint density at radius 1 is 1.50 bits per heavy atom. The molecule has 3 nitrogen and oxygen atoms in total. The van der Waals surface area contributed by atoms with E-state index in [9.17, 15) is 9.18 Å². The quantitative estimate of drug-likeness (QED) is 0.927. The van der Waals surface area contributed by atoms with Crippen LogP contribution >= 0.6 is 23.4 Å². The Bertz CT molecular complexity index is 492. The molecule has 1 aromatic carbocycles. The monoisotopic (exact) mass is 317 g/mol. The average Bonchev–Trinajstić information content (AvgIpc) is 2.46. The summed E-state index contributed by atoms with van der Waals surface area (Å²) in [7, 11) is 1.67. The molecule has 1 aliphatic heterocycles. The summed E-state index contributed by atoms with van der Waals surface area (Å²) in [6.07, 6.45) is 1.82. The molecule has 6 heteroatoms. The molecule has 0 unspecified atom stereocenters. The van der Waals surface area contributed by atoms with Crippen molar-refractivity contribution in [2.45, 2.75) is 18.4 Å². The third kappa shape index (κ3) is 3.65. The summed E-state index contributed by atoms with van der Waals surface area (Å²) in [5, 5.41) is 2.96. The van der Waals surface area contributed by atoms with Gasteiger partial charge in [0.05, 0.1) is 16.2 Å². The molecule has 0 atom stereocenters. The third-order valence-corrected chi connectivity index (χ3v) is 4.88. The predicted octanol–water partition coefficient (Wildman–Crippen LogP) is 3.12. The molecule has 0 aromatic heterocycles. The maximum absolute atomic E-state index is 13.0. The summed E-state index contributed by atoms with van der Waals surface area (Å²) < 4.78 is 18.6. The van der Waals surface area contributed by atoms with Gasteiger partial charge in [0.1, 0.15) is 5.82 Å². The number of carbonyl (C=O) groups is 1. The van der Waals surface area contributed by atoms with Crippen LogP contribution in [0.25, 0.3) is 0 Å². The Balaban J connectivity index is 2.00. The van der Waals surface area contributed by atoms with Gasteiger partial charge in [-0.2, -0.15) is 11.8 Å². The van der Waals surface area contributed by atoms with Crippen LogP contribution in [0.2, 0.25) is 5.02 Å². The van der Waals surface area contributed by atoms with Gasteiger partial charge in [0.15, 0.2) is 0 Å². The van der Waals surface area contributed by atoms with Crippen molar-refractivity contribution in [3.8, 4) is 0 Å². The predicted molar refractivity (Wildman–Crippen MR) is 80.0 cm³/mol. The lowest BCUT2D eigenvalue weighted by molar-refractivity contribution is -0.0149. The minimum atomic E-state index is -0.454. The van der Waals surface area contributed by atoms with Gasteiger partial charge in [-0.15, -0.1) is 0 Å². The number of methoxy groups -OCH3 is 1. The summed E-state index contributed by atoms with van der Waals surface area (Å²) in [6.45, 7) is 0.441. The second-order valence-electron chi connectivity index (χ2n) is 4.81. The van der Waals surface area contributed by atoms with E-state index in [1.165, 1.54) is 12.1 Å². The Kier molecular flexibility index (Phi) is 5.29. The lowest BCUT2D eigenvalue weighted by Gasteiger charge is -2.35. The van der Waals surface area contributed by atoms with Gasteiger partial charge in [-0.05, 0) is 42.5 Å². The number of ether oxygens (including phenoxy) is 1. The second kappa shape index (κ2) is 6.78. The first-order chi connectivity index (χ1) is 9.56. The summed E-state index contributed by atoms with van der Waals surface area (Å²) in [6, 6.07) is 3.76. The first-order valence-corrected chi connectivity index (χ1v) is 7.96. The van der Waals surface area contributed by atoms with Gasteiger partial charge >= 0.3 is 0 Å². The number of benzene rings is 1. The molecule has 2 rings (SSSR count). The highest BCUT2D eigenvalue weighted by atomic mass is 35.5. The number of amides is 1. The van der Waals surface area contributed by atoms with Crippen LogP contribution in [0.3, 0.4) is 0 Å². The summed E-state index contributed by atoms with van der Waals surface area (Å²) in [5.41, 5.74) is -0.0162. The van der Waals surface area contributed by atoms with Crippen LogP contribution in [-0.2, 0) is 4.74 Å². The Morgan fingerprint density at radius 3 is 2.80 bits per heavy atom. The van der Waals surface area contributed by atoms with Crippen LogP contribution in [0.4, 0.5) is 4.39 Å². The largest absolute Gasteiger partial charge is 0.376 e. The van der Waals surface area contributed by atoms with Crippen LogP contribution in [0.1, 0.15) is 23.2 Å². The molecular weight excluding hydrogens is 301 g/mol.